The molecule has 0 spiro atoms. The van der Waals surface area contributed by atoms with E-state index in [0.717, 1.165) is 10.0 Å². The summed E-state index contributed by atoms with van der Waals surface area (Å²) in [5.74, 6) is -0.972. The number of nitrogens with one attached hydrogen (secondary N) is 2. The Labute approximate surface area is 147 Å². The van der Waals surface area contributed by atoms with E-state index in [-0.39, 0.29) is 5.91 Å². The molecule has 0 saturated heterocycles. The molecule has 122 valence electrons. The Morgan fingerprint density at radius 1 is 1.08 bits per heavy atom. The van der Waals surface area contributed by atoms with E-state index < -0.39 is 5.91 Å². The van der Waals surface area contributed by atoms with Gasteiger partial charge in [-0.25, -0.2) is 10.9 Å². The minimum absolute atomic E-state index is 0.345. The predicted molar refractivity (Wildman–Crippen MR) is 94.6 cm³/mol. The molecule has 0 aliphatic carbocycles. The zero-order valence-corrected chi connectivity index (χ0v) is 14.0. The van der Waals surface area contributed by atoms with Gasteiger partial charge in [-0.15, -0.1) is 0 Å². The van der Waals surface area contributed by atoms with Crippen LogP contribution in [0.15, 0.2) is 64.2 Å². The van der Waals surface area contributed by atoms with Crippen molar-refractivity contribution in [2.45, 2.75) is 0 Å². The summed E-state index contributed by atoms with van der Waals surface area (Å²) < 4.78 is 0.881. The molecule has 2 aromatic rings. The molecule has 6 nitrogen and oxygen atoms in total. The van der Waals surface area contributed by atoms with Gasteiger partial charge < -0.3 is 0 Å². The monoisotopic (exact) mass is 387 g/mol. The molecular weight excluding hydrogens is 374 g/mol. The lowest BCUT2D eigenvalue weighted by Gasteiger charge is -2.01. The van der Waals surface area contributed by atoms with Crippen molar-refractivity contribution >= 4 is 40.0 Å². The van der Waals surface area contributed by atoms with E-state index in [1.54, 1.807) is 30.5 Å². The Hall–Kier alpha value is -2.77. The Bertz CT molecular complexity index is 786. The number of carbonyl (C=O) groups excluding carboxylic acids is 2. The molecule has 7 heteroatoms. The van der Waals surface area contributed by atoms with Crippen LogP contribution in [0.2, 0.25) is 0 Å². The first-order valence-electron chi connectivity index (χ1n) is 6.90. The normalized spacial score (nSPS) is 10.9. The smallest absolute Gasteiger partial charge is 0.271 e. The number of halogens is 1. The third kappa shape index (κ3) is 5.15. The number of rotatable bonds is 5. The van der Waals surface area contributed by atoms with Crippen LogP contribution in [-0.4, -0.2) is 23.2 Å². The fraction of sp³-hybridized carbons (Fsp3) is 0. The maximum absolute atomic E-state index is 12.0. The fourth-order valence-corrected chi connectivity index (χ4v) is 2.15. The van der Waals surface area contributed by atoms with Crippen LogP contribution in [0, 0.1) is 0 Å². The second-order valence-electron chi connectivity index (χ2n) is 4.65. The zero-order valence-electron chi connectivity index (χ0n) is 12.4. The van der Waals surface area contributed by atoms with Crippen LogP contribution in [0.3, 0.4) is 0 Å². The van der Waals surface area contributed by atoms with Crippen LogP contribution < -0.4 is 10.9 Å². The molecule has 0 unspecified atom stereocenters. The van der Waals surface area contributed by atoms with Gasteiger partial charge in [-0.2, -0.15) is 5.10 Å². The van der Waals surface area contributed by atoms with Crippen molar-refractivity contribution < 1.29 is 14.8 Å². The van der Waals surface area contributed by atoms with Gasteiger partial charge in [-0.1, -0.05) is 46.3 Å². The van der Waals surface area contributed by atoms with E-state index in [2.05, 4.69) is 26.5 Å². The molecule has 3 N–H and O–H groups in total. The maximum atomic E-state index is 12.0. The van der Waals surface area contributed by atoms with E-state index in [4.69, 9.17) is 5.21 Å². The average molecular weight is 388 g/mol. The summed E-state index contributed by atoms with van der Waals surface area (Å²) in [6, 6.07) is 14.1. The lowest BCUT2D eigenvalue weighted by molar-refractivity contribution is -0.124. The quantitative estimate of drug-likeness (QED) is 0.318. The summed E-state index contributed by atoms with van der Waals surface area (Å²) in [7, 11) is 0. The maximum Gasteiger partial charge on any atom is 0.271 e. The van der Waals surface area contributed by atoms with Crippen molar-refractivity contribution in [3.05, 3.63) is 75.8 Å². The molecule has 0 aliphatic heterocycles. The zero-order chi connectivity index (χ0) is 17.4. The Balaban J connectivity index is 1.96. The summed E-state index contributed by atoms with van der Waals surface area (Å²) in [5, 5.41) is 12.3. The Kier molecular flexibility index (Phi) is 6.41. The van der Waals surface area contributed by atoms with Crippen molar-refractivity contribution in [2.75, 3.05) is 0 Å². The summed E-state index contributed by atoms with van der Waals surface area (Å²) in [5.41, 5.74) is 5.94. The molecule has 24 heavy (non-hydrogen) atoms. The third-order valence-electron chi connectivity index (χ3n) is 2.99. The van der Waals surface area contributed by atoms with Gasteiger partial charge >= 0.3 is 0 Å². The second kappa shape index (κ2) is 8.76. The number of hydroxylamine groups is 1. The number of amides is 2. The van der Waals surface area contributed by atoms with E-state index in [1.165, 1.54) is 17.6 Å². The minimum Gasteiger partial charge on any atom is -0.288 e. The molecule has 2 rings (SSSR count). The molecule has 0 bridgehead atoms. The van der Waals surface area contributed by atoms with Crippen LogP contribution in [0.1, 0.15) is 21.5 Å². The highest BCUT2D eigenvalue weighted by atomic mass is 79.9. The highest BCUT2D eigenvalue weighted by molar-refractivity contribution is 9.10. The molecule has 0 aromatic heterocycles. The summed E-state index contributed by atoms with van der Waals surface area (Å²) in [6.07, 6.45) is 4.24. The Morgan fingerprint density at radius 3 is 2.46 bits per heavy atom. The first kappa shape index (κ1) is 17.6. The minimum atomic E-state index is -0.627. The van der Waals surface area contributed by atoms with Crippen molar-refractivity contribution in [1.82, 2.24) is 10.9 Å². The largest absolute Gasteiger partial charge is 0.288 e. The van der Waals surface area contributed by atoms with Crippen molar-refractivity contribution in [3.8, 4) is 0 Å². The lowest BCUT2D eigenvalue weighted by Crippen LogP contribution is -2.17. The van der Waals surface area contributed by atoms with Gasteiger partial charge in [0.1, 0.15) is 0 Å². The van der Waals surface area contributed by atoms with Gasteiger partial charge in [-0.05, 0) is 29.8 Å². The number of hydrogen-bond acceptors (Lipinski definition) is 4. The number of carbonyl (C=O) groups is 2. The highest BCUT2D eigenvalue weighted by Crippen LogP contribution is 2.13. The lowest BCUT2D eigenvalue weighted by atomic mass is 10.1. The van der Waals surface area contributed by atoms with Crippen LogP contribution in [0.25, 0.3) is 6.08 Å². The summed E-state index contributed by atoms with van der Waals surface area (Å²) >= 11 is 3.39. The van der Waals surface area contributed by atoms with Crippen LogP contribution in [0.5, 0.6) is 0 Å². The molecule has 0 heterocycles. The topological polar surface area (TPSA) is 90.8 Å². The molecule has 2 amide bonds. The fourth-order valence-electron chi connectivity index (χ4n) is 1.76. The molecule has 0 saturated carbocycles. The first-order chi connectivity index (χ1) is 11.6. The van der Waals surface area contributed by atoms with Gasteiger partial charge in [0.25, 0.3) is 11.8 Å². The molecular formula is C17H14BrN3O3. The summed E-state index contributed by atoms with van der Waals surface area (Å²) in [4.78, 5) is 22.9. The van der Waals surface area contributed by atoms with Crippen molar-refractivity contribution in [1.29, 1.82) is 0 Å². The highest BCUT2D eigenvalue weighted by Gasteiger charge is 2.03. The number of hydrogen-bond donors (Lipinski definition) is 3. The molecule has 2 aromatic carbocycles. The molecule has 0 aliphatic rings. The first-order valence-corrected chi connectivity index (χ1v) is 7.69. The van der Waals surface area contributed by atoms with E-state index in [9.17, 15) is 9.59 Å². The average Bonchev–Trinajstić information content (AvgIpc) is 2.61. The van der Waals surface area contributed by atoms with E-state index >= 15 is 0 Å². The van der Waals surface area contributed by atoms with Crippen LogP contribution in [0.4, 0.5) is 0 Å². The van der Waals surface area contributed by atoms with Crippen molar-refractivity contribution in [2.24, 2.45) is 5.10 Å². The number of nitrogens with zero attached hydrogens (tertiary/aromatic N) is 1. The van der Waals surface area contributed by atoms with Gasteiger partial charge in [0.15, 0.2) is 0 Å². The van der Waals surface area contributed by atoms with E-state index in [1.807, 2.05) is 24.3 Å². The van der Waals surface area contributed by atoms with E-state index in [0.29, 0.717) is 11.1 Å². The second-order valence-corrected chi connectivity index (χ2v) is 5.51. The predicted octanol–water partition coefficient (Wildman–Crippen LogP) is 2.73. The Morgan fingerprint density at radius 2 is 1.79 bits per heavy atom. The molecule has 0 atom stereocenters. The molecule has 0 fully saturated rings. The number of benzene rings is 2. The van der Waals surface area contributed by atoms with Crippen molar-refractivity contribution in [3.63, 3.8) is 0 Å². The number of hydrazone groups is 1. The van der Waals surface area contributed by atoms with Gasteiger partial charge in [0.05, 0.1) is 6.21 Å². The van der Waals surface area contributed by atoms with Crippen LogP contribution >= 0.6 is 15.9 Å². The molecule has 0 radical (unpaired) electrons. The summed E-state index contributed by atoms with van der Waals surface area (Å²) in [6.45, 7) is 0. The standard InChI is InChI=1S/C17H14BrN3O3/c18-15-4-2-1-3-14(15)11-19-20-17(23)13-8-5-12(6-9-13)7-10-16(22)21-24/h1-11,24H,(H,20,23)(H,21,22). The third-order valence-corrected chi connectivity index (χ3v) is 3.71. The SMILES string of the molecule is O=C(C=Cc1ccc(C(=O)NN=Cc2ccccc2Br)cc1)NO. The van der Waals surface area contributed by atoms with Gasteiger partial charge in [-0.3, -0.25) is 14.8 Å². The van der Waals surface area contributed by atoms with Crippen LogP contribution in [-0.2, 0) is 4.79 Å². The van der Waals surface area contributed by atoms with Gasteiger partial charge in [0.2, 0.25) is 0 Å². The van der Waals surface area contributed by atoms with Gasteiger partial charge in [0, 0.05) is 21.7 Å².